The van der Waals surface area contributed by atoms with E-state index in [0.717, 1.165) is 38.5 Å². The van der Waals surface area contributed by atoms with Gasteiger partial charge in [-0.1, -0.05) is 0 Å². The second-order valence-corrected chi connectivity index (χ2v) is 6.70. The Bertz CT molecular complexity index is 395. The highest BCUT2D eigenvalue weighted by Gasteiger charge is 2.29. The van der Waals surface area contributed by atoms with E-state index in [-0.39, 0.29) is 30.7 Å². The summed E-state index contributed by atoms with van der Waals surface area (Å²) in [5.41, 5.74) is 5.71. The number of hydrogen-bond donors (Lipinski definition) is 4. The third-order valence-electron chi connectivity index (χ3n) is 4.65. The highest BCUT2D eigenvalue weighted by molar-refractivity contribution is 5.77. The van der Waals surface area contributed by atoms with E-state index in [1.54, 1.807) is 0 Å². The highest BCUT2D eigenvalue weighted by Crippen LogP contribution is 2.21. The van der Waals surface area contributed by atoms with Crippen molar-refractivity contribution in [3.8, 4) is 0 Å². The van der Waals surface area contributed by atoms with Gasteiger partial charge in [0.25, 0.3) is 0 Å². The second kappa shape index (κ2) is 9.20. The van der Waals surface area contributed by atoms with Gasteiger partial charge in [0, 0.05) is 18.6 Å². The molecular weight excluding hydrogens is 298 g/mol. The number of hydrogen-bond acceptors (Lipinski definition) is 5. The molecule has 0 aromatic heterocycles. The van der Waals surface area contributed by atoms with Gasteiger partial charge in [-0.25, -0.2) is 0 Å². The van der Waals surface area contributed by atoms with Crippen molar-refractivity contribution in [2.75, 3.05) is 13.2 Å². The highest BCUT2D eigenvalue weighted by atomic mass is 16.5. The first kappa shape index (κ1) is 18.2. The summed E-state index contributed by atoms with van der Waals surface area (Å²) in [6.07, 6.45) is 7.36. The lowest BCUT2D eigenvalue weighted by Crippen LogP contribution is -2.53. The Hall–Kier alpha value is -1.18. The minimum atomic E-state index is -0.816. The van der Waals surface area contributed by atoms with Crippen molar-refractivity contribution in [3.63, 3.8) is 0 Å². The van der Waals surface area contributed by atoms with Crippen LogP contribution in [-0.2, 0) is 14.3 Å². The van der Waals surface area contributed by atoms with Gasteiger partial charge in [0.15, 0.2) is 0 Å². The molecule has 1 atom stereocenters. The second-order valence-electron chi connectivity index (χ2n) is 6.70. The lowest BCUT2D eigenvalue weighted by atomic mass is 9.87. The van der Waals surface area contributed by atoms with Crippen molar-refractivity contribution >= 4 is 11.9 Å². The van der Waals surface area contributed by atoms with Gasteiger partial charge < -0.3 is 26.2 Å². The predicted molar refractivity (Wildman–Crippen MR) is 86.0 cm³/mol. The van der Waals surface area contributed by atoms with E-state index in [1.165, 1.54) is 6.42 Å². The SMILES string of the molecule is NC1CC(NC(CCCCNC(=O)COC2CCC2)C(=O)O)C1. The molecule has 0 aromatic rings. The molecule has 132 valence electrons. The number of nitrogens with one attached hydrogen (secondary N) is 2. The molecule has 0 spiro atoms. The number of carboxylic acids is 1. The average molecular weight is 327 g/mol. The maximum atomic E-state index is 11.6. The molecule has 7 heteroatoms. The van der Waals surface area contributed by atoms with Crippen molar-refractivity contribution in [1.82, 2.24) is 10.6 Å². The zero-order valence-electron chi connectivity index (χ0n) is 13.6. The van der Waals surface area contributed by atoms with Crippen molar-refractivity contribution in [1.29, 1.82) is 0 Å². The maximum Gasteiger partial charge on any atom is 0.320 e. The van der Waals surface area contributed by atoms with E-state index in [1.807, 2.05) is 0 Å². The maximum absolute atomic E-state index is 11.6. The van der Waals surface area contributed by atoms with Gasteiger partial charge >= 0.3 is 5.97 Å². The van der Waals surface area contributed by atoms with E-state index in [2.05, 4.69) is 10.6 Å². The van der Waals surface area contributed by atoms with Crippen molar-refractivity contribution in [2.24, 2.45) is 5.73 Å². The first-order valence-corrected chi connectivity index (χ1v) is 8.67. The normalized spacial score (nSPS) is 25.3. The zero-order valence-corrected chi connectivity index (χ0v) is 13.6. The molecule has 0 aromatic carbocycles. The molecule has 5 N–H and O–H groups in total. The van der Waals surface area contributed by atoms with Crippen LogP contribution in [0.4, 0.5) is 0 Å². The molecule has 0 bridgehead atoms. The van der Waals surface area contributed by atoms with Gasteiger partial charge in [-0.2, -0.15) is 0 Å². The van der Waals surface area contributed by atoms with Crippen molar-refractivity contribution < 1.29 is 19.4 Å². The number of carbonyl (C=O) groups is 2. The Kier molecular flexibility index (Phi) is 7.26. The first-order valence-electron chi connectivity index (χ1n) is 8.67. The third-order valence-corrected chi connectivity index (χ3v) is 4.65. The lowest BCUT2D eigenvalue weighted by Gasteiger charge is -2.35. The van der Waals surface area contributed by atoms with Crippen LogP contribution < -0.4 is 16.4 Å². The fourth-order valence-electron chi connectivity index (χ4n) is 2.84. The summed E-state index contributed by atoms with van der Waals surface area (Å²) in [6, 6.07) is -0.0843. The molecule has 2 aliphatic carbocycles. The quantitative estimate of drug-likeness (QED) is 0.408. The van der Waals surface area contributed by atoms with Gasteiger partial charge in [0.05, 0.1) is 6.10 Å². The van der Waals surface area contributed by atoms with Crippen molar-refractivity contribution in [3.05, 3.63) is 0 Å². The minimum absolute atomic E-state index is 0.0896. The molecule has 0 saturated heterocycles. The molecular formula is C16H29N3O4. The first-order chi connectivity index (χ1) is 11.0. The summed E-state index contributed by atoms with van der Waals surface area (Å²) in [7, 11) is 0. The number of ether oxygens (including phenoxy) is 1. The Balaban J connectivity index is 1.48. The molecule has 0 radical (unpaired) electrons. The smallest absolute Gasteiger partial charge is 0.320 e. The minimum Gasteiger partial charge on any atom is -0.480 e. The number of carbonyl (C=O) groups excluding carboxylic acids is 1. The summed E-state index contributed by atoms with van der Waals surface area (Å²) < 4.78 is 5.43. The van der Waals surface area contributed by atoms with E-state index in [9.17, 15) is 14.7 Å². The van der Waals surface area contributed by atoms with Crippen molar-refractivity contribution in [2.45, 2.75) is 75.6 Å². The topological polar surface area (TPSA) is 114 Å². The van der Waals surface area contributed by atoms with Gasteiger partial charge in [-0.3, -0.25) is 9.59 Å². The molecule has 0 heterocycles. The molecule has 2 aliphatic rings. The molecule has 1 amide bonds. The summed E-state index contributed by atoms with van der Waals surface area (Å²) >= 11 is 0. The summed E-state index contributed by atoms with van der Waals surface area (Å²) in [6.45, 7) is 0.694. The number of nitrogens with two attached hydrogens (primary N) is 1. The standard InChI is InChI=1S/C16H29N3O4/c17-11-8-12(9-11)19-14(16(21)22)6-1-2-7-18-15(20)10-23-13-4-3-5-13/h11-14,19H,1-10,17H2,(H,18,20)(H,21,22). The van der Waals surface area contributed by atoms with Crippen LogP contribution in [0.5, 0.6) is 0 Å². The molecule has 1 unspecified atom stereocenters. The van der Waals surface area contributed by atoms with Gasteiger partial charge in [0.2, 0.25) is 5.91 Å². The Labute approximate surface area is 137 Å². The predicted octanol–water partition coefficient (Wildman–Crippen LogP) is 0.375. The van der Waals surface area contributed by atoms with Crippen LogP contribution in [0.2, 0.25) is 0 Å². The van der Waals surface area contributed by atoms with E-state index in [4.69, 9.17) is 10.5 Å². The van der Waals surface area contributed by atoms with Crippen LogP contribution in [0.3, 0.4) is 0 Å². The fourth-order valence-corrected chi connectivity index (χ4v) is 2.84. The largest absolute Gasteiger partial charge is 0.480 e. The third kappa shape index (κ3) is 6.45. The summed E-state index contributed by atoms with van der Waals surface area (Å²) in [4.78, 5) is 22.8. The van der Waals surface area contributed by atoms with Crippen LogP contribution in [-0.4, -0.2) is 54.4 Å². The fraction of sp³-hybridized carbons (Fsp3) is 0.875. The monoisotopic (exact) mass is 327 g/mol. The zero-order chi connectivity index (χ0) is 16.7. The lowest BCUT2D eigenvalue weighted by molar-refractivity contribution is -0.140. The average Bonchev–Trinajstić information content (AvgIpc) is 2.41. The van der Waals surface area contributed by atoms with Crippen LogP contribution in [0.15, 0.2) is 0 Å². The van der Waals surface area contributed by atoms with Crippen LogP contribution >= 0.6 is 0 Å². The molecule has 2 saturated carbocycles. The Morgan fingerprint density at radius 1 is 1.26 bits per heavy atom. The number of carboxylic acid groups (broad SMARTS) is 1. The van der Waals surface area contributed by atoms with Gasteiger partial charge in [-0.05, 0) is 51.4 Å². The number of aliphatic carboxylic acids is 1. The molecule has 2 fully saturated rings. The summed E-state index contributed by atoms with van der Waals surface area (Å²) in [5, 5.41) is 15.2. The number of rotatable bonds is 11. The van der Waals surface area contributed by atoms with Gasteiger partial charge in [0.1, 0.15) is 12.6 Å². The molecule has 7 nitrogen and oxygen atoms in total. The van der Waals surface area contributed by atoms with Gasteiger partial charge in [-0.15, -0.1) is 0 Å². The summed E-state index contributed by atoms with van der Waals surface area (Å²) in [5.74, 6) is -0.906. The Morgan fingerprint density at radius 3 is 2.57 bits per heavy atom. The Morgan fingerprint density at radius 2 is 2.00 bits per heavy atom. The number of amides is 1. The molecule has 0 aliphatic heterocycles. The van der Waals surface area contributed by atoms with Crippen LogP contribution in [0, 0.1) is 0 Å². The molecule has 2 rings (SSSR count). The van der Waals surface area contributed by atoms with E-state index < -0.39 is 12.0 Å². The number of unbranched alkanes of at least 4 members (excludes halogenated alkanes) is 1. The van der Waals surface area contributed by atoms with E-state index >= 15 is 0 Å². The van der Waals surface area contributed by atoms with E-state index in [0.29, 0.717) is 13.0 Å². The molecule has 23 heavy (non-hydrogen) atoms. The van der Waals surface area contributed by atoms with Crippen LogP contribution in [0.25, 0.3) is 0 Å². The van der Waals surface area contributed by atoms with Crippen LogP contribution in [0.1, 0.15) is 51.4 Å².